The van der Waals surface area contributed by atoms with Crippen molar-refractivity contribution in [2.75, 3.05) is 19.6 Å². The molecule has 1 aromatic carbocycles. The lowest BCUT2D eigenvalue weighted by Crippen LogP contribution is -2.36. The molecule has 2 aromatic rings. The van der Waals surface area contributed by atoms with E-state index in [4.69, 9.17) is 4.99 Å². The van der Waals surface area contributed by atoms with Crippen molar-refractivity contribution in [2.45, 2.75) is 65.3 Å². The number of rotatable bonds is 8. The quantitative estimate of drug-likeness (QED) is 0.443. The molecule has 2 heterocycles. The van der Waals surface area contributed by atoms with Crippen LogP contribution in [0.15, 0.2) is 34.6 Å². The molecule has 6 nitrogen and oxygen atoms in total. The first-order chi connectivity index (χ1) is 14.5. The second-order valence-electron chi connectivity index (χ2n) is 8.19. The van der Waals surface area contributed by atoms with Gasteiger partial charge in [0.25, 0.3) is 0 Å². The lowest BCUT2D eigenvalue weighted by atomic mass is 10.1. The zero-order valence-corrected chi connectivity index (χ0v) is 19.2. The molecule has 0 unspecified atom stereocenters. The molecule has 0 amide bonds. The molecular formula is C23H35N5OS. The van der Waals surface area contributed by atoms with Crippen LogP contribution >= 0.6 is 11.3 Å². The van der Waals surface area contributed by atoms with Crippen LogP contribution in [-0.2, 0) is 19.6 Å². The molecule has 0 aliphatic carbocycles. The summed E-state index contributed by atoms with van der Waals surface area (Å²) >= 11 is 1.69. The van der Waals surface area contributed by atoms with Gasteiger partial charge in [-0.15, -0.1) is 11.3 Å². The summed E-state index contributed by atoms with van der Waals surface area (Å²) in [5.41, 5.74) is 3.66. The second kappa shape index (κ2) is 11.4. The molecular weight excluding hydrogens is 394 g/mol. The molecule has 0 saturated carbocycles. The molecule has 1 fully saturated rings. The number of likely N-dealkylation sites (tertiary alicyclic amines) is 1. The zero-order valence-electron chi connectivity index (χ0n) is 18.4. The van der Waals surface area contributed by atoms with Gasteiger partial charge in [-0.2, -0.15) is 0 Å². The monoisotopic (exact) mass is 429 g/mol. The van der Waals surface area contributed by atoms with Crippen molar-refractivity contribution in [1.29, 1.82) is 0 Å². The Kier molecular flexibility index (Phi) is 8.66. The lowest BCUT2D eigenvalue weighted by Gasteiger charge is -2.29. The number of piperidine rings is 1. The Labute approximate surface area is 184 Å². The van der Waals surface area contributed by atoms with Crippen LogP contribution in [0.25, 0.3) is 0 Å². The number of hydrogen-bond donors (Lipinski definition) is 3. The third-order valence-corrected chi connectivity index (χ3v) is 6.19. The predicted octanol–water partition coefficient (Wildman–Crippen LogP) is 3.48. The Morgan fingerprint density at radius 2 is 1.90 bits per heavy atom. The van der Waals surface area contributed by atoms with Crippen LogP contribution in [-0.4, -0.2) is 46.7 Å². The van der Waals surface area contributed by atoms with Crippen molar-refractivity contribution in [1.82, 2.24) is 20.5 Å². The van der Waals surface area contributed by atoms with Gasteiger partial charge in [-0.25, -0.2) is 9.98 Å². The Hall–Kier alpha value is -1.96. The summed E-state index contributed by atoms with van der Waals surface area (Å²) in [6.45, 7) is 11.5. The number of aliphatic hydroxyl groups is 1. The fourth-order valence-electron chi connectivity index (χ4n) is 3.43. The number of aliphatic hydroxyl groups excluding tert-OH is 1. The minimum atomic E-state index is -0.117. The highest BCUT2D eigenvalue weighted by atomic mass is 32.1. The maximum Gasteiger partial charge on any atom is 0.191 e. The summed E-state index contributed by atoms with van der Waals surface area (Å²) in [5, 5.41) is 19.6. The third kappa shape index (κ3) is 7.07. The van der Waals surface area contributed by atoms with E-state index in [0.717, 1.165) is 55.7 Å². The molecule has 1 saturated heterocycles. The standard InChI is InChI=1S/C23H35N5OS/c1-4-24-23(26-14-22-27-21(16-30-22)17(2)3)25-13-18-5-7-19(8-6-18)15-28-11-9-20(29)10-12-28/h5-8,16-17,20,29H,4,9-15H2,1-3H3,(H2,24,25,26). The van der Waals surface area contributed by atoms with Crippen LogP contribution in [0.1, 0.15) is 61.4 Å². The number of aromatic nitrogens is 1. The molecule has 7 heteroatoms. The maximum atomic E-state index is 9.65. The van der Waals surface area contributed by atoms with Crippen LogP contribution in [0.3, 0.4) is 0 Å². The predicted molar refractivity (Wildman–Crippen MR) is 125 cm³/mol. The van der Waals surface area contributed by atoms with E-state index in [1.807, 2.05) is 0 Å². The van der Waals surface area contributed by atoms with Crippen LogP contribution in [0, 0.1) is 0 Å². The molecule has 1 aliphatic heterocycles. The summed E-state index contributed by atoms with van der Waals surface area (Å²) in [5.74, 6) is 1.27. The molecule has 1 aromatic heterocycles. The molecule has 0 spiro atoms. The van der Waals surface area contributed by atoms with Crippen LogP contribution in [0.5, 0.6) is 0 Å². The van der Waals surface area contributed by atoms with E-state index in [1.165, 1.54) is 11.1 Å². The van der Waals surface area contributed by atoms with Gasteiger partial charge < -0.3 is 15.7 Å². The van der Waals surface area contributed by atoms with E-state index in [-0.39, 0.29) is 6.10 Å². The van der Waals surface area contributed by atoms with Crippen molar-refractivity contribution in [3.05, 3.63) is 51.5 Å². The molecule has 0 bridgehead atoms. The van der Waals surface area contributed by atoms with Gasteiger partial charge in [0, 0.05) is 31.6 Å². The van der Waals surface area contributed by atoms with Crippen molar-refractivity contribution in [3.8, 4) is 0 Å². The molecule has 164 valence electrons. The van der Waals surface area contributed by atoms with Gasteiger partial charge in [-0.1, -0.05) is 38.1 Å². The minimum Gasteiger partial charge on any atom is -0.393 e. The summed E-state index contributed by atoms with van der Waals surface area (Å²) < 4.78 is 0. The Balaban J connectivity index is 1.50. The number of benzene rings is 1. The average molecular weight is 430 g/mol. The summed E-state index contributed by atoms with van der Waals surface area (Å²) in [7, 11) is 0. The molecule has 0 radical (unpaired) electrons. The van der Waals surface area contributed by atoms with Crippen LogP contribution < -0.4 is 10.6 Å². The number of nitrogens with zero attached hydrogens (tertiary/aromatic N) is 3. The Morgan fingerprint density at radius 1 is 1.20 bits per heavy atom. The highest BCUT2D eigenvalue weighted by Crippen LogP contribution is 2.17. The van der Waals surface area contributed by atoms with E-state index in [1.54, 1.807) is 11.3 Å². The fourth-order valence-corrected chi connectivity index (χ4v) is 4.32. The van der Waals surface area contributed by atoms with E-state index in [9.17, 15) is 5.11 Å². The lowest BCUT2D eigenvalue weighted by molar-refractivity contribution is 0.0792. The summed E-state index contributed by atoms with van der Waals surface area (Å²) in [6.07, 6.45) is 1.65. The number of hydrogen-bond acceptors (Lipinski definition) is 5. The first-order valence-electron chi connectivity index (χ1n) is 11.0. The van der Waals surface area contributed by atoms with Crippen molar-refractivity contribution < 1.29 is 5.11 Å². The summed E-state index contributed by atoms with van der Waals surface area (Å²) in [4.78, 5) is 11.8. The van der Waals surface area contributed by atoms with Crippen LogP contribution in [0.2, 0.25) is 0 Å². The Bertz CT molecular complexity index is 794. The van der Waals surface area contributed by atoms with Gasteiger partial charge in [0.2, 0.25) is 0 Å². The largest absolute Gasteiger partial charge is 0.393 e. The SMILES string of the molecule is CCNC(=NCc1ccc(CN2CCC(O)CC2)cc1)NCc1nc(C(C)C)cs1. The smallest absolute Gasteiger partial charge is 0.191 e. The van der Waals surface area contributed by atoms with Crippen LogP contribution in [0.4, 0.5) is 0 Å². The van der Waals surface area contributed by atoms with Gasteiger partial charge in [-0.3, -0.25) is 4.90 Å². The normalized spacial score (nSPS) is 16.2. The van der Waals surface area contributed by atoms with E-state index < -0.39 is 0 Å². The molecule has 1 aliphatic rings. The molecule has 30 heavy (non-hydrogen) atoms. The van der Waals surface area contributed by atoms with Gasteiger partial charge in [0.15, 0.2) is 5.96 Å². The van der Waals surface area contributed by atoms with Crippen molar-refractivity contribution in [2.24, 2.45) is 4.99 Å². The second-order valence-corrected chi connectivity index (χ2v) is 9.14. The van der Waals surface area contributed by atoms with Crippen molar-refractivity contribution in [3.63, 3.8) is 0 Å². The summed E-state index contributed by atoms with van der Waals surface area (Å²) in [6, 6.07) is 8.71. The first kappa shape index (κ1) is 22.7. The number of thiazole rings is 1. The Morgan fingerprint density at radius 3 is 2.53 bits per heavy atom. The van der Waals surface area contributed by atoms with E-state index >= 15 is 0 Å². The number of aliphatic imine (C=N–C) groups is 1. The highest BCUT2D eigenvalue weighted by molar-refractivity contribution is 7.09. The third-order valence-electron chi connectivity index (χ3n) is 5.32. The maximum absolute atomic E-state index is 9.65. The van der Waals surface area contributed by atoms with Gasteiger partial charge in [0.05, 0.1) is 24.9 Å². The fraction of sp³-hybridized carbons (Fsp3) is 0.565. The zero-order chi connectivity index (χ0) is 21.3. The number of nitrogens with one attached hydrogen (secondary N) is 2. The molecule has 0 atom stereocenters. The minimum absolute atomic E-state index is 0.117. The molecule has 3 N–H and O–H groups in total. The highest BCUT2D eigenvalue weighted by Gasteiger charge is 2.16. The van der Waals surface area contributed by atoms with Gasteiger partial charge in [0.1, 0.15) is 5.01 Å². The van der Waals surface area contributed by atoms with Gasteiger partial charge in [-0.05, 0) is 36.8 Å². The first-order valence-corrected chi connectivity index (χ1v) is 11.9. The average Bonchev–Trinajstić information content (AvgIpc) is 3.22. The van der Waals surface area contributed by atoms with Crippen molar-refractivity contribution >= 4 is 17.3 Å². The van der Waals surface area contributed by atoms with E-state index in [0.29, 0.717) is 19.0 Å². The van der Waals surface area contributed by atoms with E-state index in [2.05, 4.69) is 70.9 Å². The number of guanidine groups is 1. The molecule has 3 rings (SSSR count). The topological polar surface area (TPSA) is 72.8 Å². The van der Waals surface area contributed by atoms with Gasteiger partial charge >= 0.3 is 0 Å².